The van der Waals surface area contributed by atoms with E-state index in [2.05, 4.69) is 5.32 Å². The predicted octanol–water partition coefficient (Wildman–Crippen LogP) is 1.38. The second-order valence-electron chi connectivity index (χ2n) is 4.54. The van der Waals surface area contributed by atoms with Crippen molar-refractivity contribution in [2.24, 2.45) is 11.7 Å². The van der Waals surface area contributed by atoms with Crippen LogP contribution in [0.3, 0.4) is 0 Å². The van der Waals surface area contributed by atoms with Gasteiger partial charge in [-0.05, 0) is 30.5 Å². The first kappa shape index (κ1) is 15.2. The average molecular weight is 264 g/mol. The molecule has 0 spiro atoms. The minimum Gasteiger partial charge on any atom is -0.481 e. The number of aliphatic carboxylic acids is 1. The molecule has 1 amide bonds. The zero-order valence-corrected chi connectivity index (χ0v) is 11.1. The molecule has 0 aliphatic carbocycles. The van der Waals surface area contributed by atoms with E-state index in [-0.39, 0.29) is 11.8 Å². The van der Waals surface area contributed by atoms with E-state index in [1.54, 1.807) is 19.1 Å². The molecule has 0 heterocycles. The molecule has 0 aliphatic rings. The number of carboxylic acids is 1. The summed E-state index contributed by atoms with van der Waals surface area (Å²) in [6.07, 6.45) is 1.21. The van der Waals surface area contributed by atoms with E-state index in [4.69, 9.17) is 10.8 Å². The number of rotatable bonds is 7. The van der Waals surface area contributed by atoms with E-state index in [0.29, 0.717) is 31.5 Å². The van der Waals surface area contributed by atoms with Gasteiger partial charge < -0.3 is 16.2 Å². The summed E-state index contributed by atoms with van der Waals surface area (Å²) in [5, 5.41) is 11.5. The molecule has 0 saturated heterocycles. The molecule has 4 N–H and O–H groups in total. The Hall–Kier alpha value is -1.88. The standard InChI is InChI=1S/C14H20N2O3/c1-10(14(18)19)3-2-8-16-13(17)12-6-4-11(9-15)5-7-12/h4-7,10H,2-3,8-9,15H2,1H3,(H,16,17)(H,18,19). The van der Waals surface area contributed by atoms with Gasteiger partial charge in [-0.1, -0.05) is 19.1 Å². The SMILES string of the molecule is CC(CCCNC(=O)c1ccc(CN)cc1)C(=O)O. The van der Waals surface area contributed by atoms with Gasteiger partial charge in [0.1, 0.15) is 0 Å². The van der Waals surface area contributed by atoms with Crippen molar-refractivity contribution in [2.75, 3.05) is 6.54 Å². The predicted molar refractivity (Wildman–Crippen MR) is 72.7 cm³/mol. The van der Waals surface area contributed by atoms with Crippen LogP contribution in [0.5, 0.6) is 0 Å². The zero-order valence-electron chi connectivity index (χ0n) is 11.1. The first-order chi connectivity index (χ1) is 9.04. The molecule has 5 nitrogen and oxygen atoms in total. The fourth-order valence-corrected chi connectivity index (χ4v) is 1.63. The molecule has 1 aromatic rings. The molecule has 0 aromatic heterocycles. The third-order valence-electron chi connectivity index (χ3n) is 2.97. The monoisotopic (exact) mass is 264 g/mol. The lowest BCUT2D eigenvalue weighted by molar-refractivity contribution is -0.141. The first-order valence-corrected chi connectivity index (χ1v) is 6.34. The summed E-state index contributed by atoms with van der Waals surface area (Å²) in [4.78, 5) is 22.4. The Bertz CT molecular complexity index is 429. The molecule has 0 aliphatic heterocycles. The van der Waals surface area contributed by atoms with Crippen molar-refractivity contribution in [2.45, 2.75) is 26.3 Å². The number of hydrogen-bond acceptors (Lipinski definition) is 3. The summed E-state index contributed by atoms with van der Waals surface area (Å²) in [6.45, 7) is 2.60. The number of nitrogens with two attached hydrogens (primary N) is 1. The Labute approximate surface area is 112 Å². The van der Waals surface area contributed by atoms with Crippen LogP contribution in [0.15, 0.2) is 24.3 Å². The fraction of sp³-hybridized carbons (Fsp3) is 0.429. The first-order valence-electron chi connectivity index (χ1n) is 6.34. The number of amides is 1. The highest BCUT2D eigenvalue weighted by molar-refractivity contribution is 5.94. The molecule has 1 rings (SSSR count). The van der Waals surface area contributed by atoms with Crippen LogP contribution in [0.4, 0.5) is 0 Å². The Balaban J connectivity index is 2.32. The summed E-state index contributed by atoms with van der Waals surface area (Å²) in [7, 11) is 0. The maximum Gasteiger partial charge on any atom is 0.306 e. The van der Waals surface area contributed by atoms with Crippen LogP contribution in [0.25, 0.3) is 0 Å². The zero-order chi connectivity index (χ0) is 14.3. The Morgan fingerprint density at radius 2 is 1.95 bits per heavy atom. The number of carboxylic acid groups (broad SMARTS) is 1. The minimum absolute atomic E-state index is 0.147. The van der Waals surface area contributed by atoms with Crippen molar-refractivity contribution in [3.63, 3.8) is 0 Å². The maximum absolute atomic E-state index is 11.8. The second-order valence-corrected chi connectivity index (χ2v) is 4.54. The molecule has 0 saturated carbocycles. The van der Waals surface area contributed by atoms with E-state index >= 15 is 0 Å². The topological polar surface area (TPSA) is 92.4 Å². The van der Waals surface area contributed by atoms with Gasteiger partial charge in [0.25, 0.3) is 5.91 Å². The van der Waals surface area contributed by atoms with Crippen molar-refractivity contribution < 1.29 is 14.7 Å². The fourth-order valence-electron chi connectivity index (χ4n) is 1.63. The Morgan fingerprint density at radius 3 is 2.47 bits per heavy atom. The molecular formula is C14H20N2O3. The van der Waals surface area contributed by atoms with E-state index in [1.807, 2.05) is 12.1 Å². The molecule has 104 valence electrons. The number of carbonyl (C=O) groups is 2. The lowest BCUT2D eigenvalue weighted by atomic mass is 10.1. The number of nitrogens with one attached hydrogen (secondary N) is 1. The highest BCUT2D eigenvalue weighted by Gasteiger charge is 2.10. The van der Waals surface area contributed by atoms with Crippen LogP contribution in [0.2, 0.25) is 0 Å². The van der Waals surface area contributed by atoms with Crippen molar-refractivity contribution >= 4 is 11.9 Å². The summed E-state index contributed by atoms with van der Waals surface area (Å²) >= 11 is 0. The number of carbonyl (C=O) groups excluding carboxylic acids is 1. The van der Waals surface area contributed by atoms with Crippen LogP contribution in [-0.4, -0.2) is 23.5 Å². The quantitative estimate of drug-likeness (QED) is 0.649. The van der Waals surface area contributed by atoms with Crippen LogP contribution in [-0.2, 0) is 11.3 Å². The van der Waals surface area contributed by atoms with Crippen molar-refractivity contribution in [1.29, 1.82) is 0 Å². The number of benzene rings is 1. The van der Waals surface area contributed by atoms with E-state index in [0.717, 1.165) is 5.56 Å². The smallest absolute Gasteiger partial charge is 0.306 e. The molecule has 0 radical (unpaired) electrons. The largest absolute Gasteiger partial charge is 0.481 e. The third kappa shape index (κ3) is 5.09. The van der Waals surface area contributed by atoms with Gasteiger partial charge in [0.05, 0.1) is 5.92 Å². The molecule has 19 heavy (non-hydrogen) atoms. The number of hydrogen-bond donors (Lipinski definition) is 3. The van der Waals surface area contributed by atoms with Gasteiger partial charge in [0.2, 0.25) is 0 Å². The lowest BCUT2D eigenvalue weighted by Crippen LogP contribution is -2.25. The highest BCUT2D eigenvalue weighted by Crippen LogP contribution is 2.06. The van der Waals surface area contributed by atoms with Crippen LogP contribution in [0.1, 0.15) is 35.7 Å². The van der Waals surface area contributed by atoms with Crippen molar-refractivity contribution in [3.05, 3.63) is 35.4 Å². The van der Waals surface area contributed by atoms with E-state index < -0.39 is 5.97 Å². The van der Waals surface area contributed by atoms with Gasteiger partial charge in [0.15, 0.2) is 0 Å². The second kappa shape index (κ2) is 7.53. The van der Waals surface area contributed by atoms with Gasteiger partial charge in [-0.25, -0.2) is 0 Å². The molecule has 1 atom stereocenters. The normalized spacial score (nSPS) is 11.9. The molecular weight excluding hydrogens is 244 g/mol. The average Bonchev–Trinajstić information content (AvgIpc) is 2.43. The van der Waals surface area contributed by atoms with E-state index in [1.165, 1.54) is 0 Å². The molecule has 0 fully saturated rings. The van der Waals surface area contributed by atoms with Gasteiger partial charge in [-0.15, -0.1) is 0 Å². The van der Waals surface area contributed by atoms with Gasteiger partial charge in [0, 0.05) is 18.7 Å². The highest BCUT2D eigenvalue weighted by atomic mass is 16.4. The van der Waals surface area contributed by atoms with Crippen LogP contribution < -0.4 is 11.1 Å². The summed E-state index contributed by atoms with van der Waals surface area (Å²) in [5.74, 6) is -1.32. The van der Waals surface area contributed by atoms with Crippen molar-refractivity contribution in [1.82, 2.24) is 5.32 Å². The Kier molecular flexibility index (Phi) is 6.02. The van der Waals surface area contributed by atoms with Crippen LogP contribution in [0, 0.1) is 5.92 Å². The van der Waals surface area contributed by atoms with Crippen molar-refractivity contribution in [3.8, 4) is 0 Å². The third-order valence-corrected chi connectivity index (χ3v) is 2.97. The summed E-state index contributed by atoms with van der Waals surface area (Å²) in [5.41, 5.74) is 7.04. The summed E-state index contributed by atoms with van der Waals surface area (Å²) in [6, 6.07) is 7.11. The van der Waals surface area contributed by atoms with Crippen LogP contribution >= 0.6 is 0 Å². The summed E-state index contributed by atoms with van der Waals surface area (Å²) < 4.78 is 0. The molecule has 1 aromatic carbocycles. The minimum atomic E-state index is -0.802. The maximum atomic E-state index is 11.8. The van der Waals surface area contributed by atoms with Gasteiger partial charge in [-0.3, -0.25) is 9.59 Å². The Morgan fingerprint density at radius 1 is 1.32 bits per heavy atom. The van der Waals surface area contributed by atoms with Gasteiger partial charge >= 0.3 is 5.97 Å². The molecule has 5 heteroatoms. The molecule has 0 bridgehead atoms. The van der Waals surface area contributed by atoms with Gasteiger partial charge in [-0.2, -0.15) is 0 Å². The molecule has 1 unspecified atom stereocenters. The van der Waals surface area contributed by atoms with E-state index in [9.17, 15) is 9.59 Å². The lowest BCUT2D eigenvalue weighted by Gasteiger charge is -2.08.